The van der Waals surface area contributed by atoms with Crippen molar-refractivity contribution in [3.8, 4) is 77.6 Å². The molecule has 0 amide bonds. The standard InChI is InChI=1S/C14H3N/c1-2-3-4-5-6-7-8-9-10-11-12-13-14-15/h1H,13H2. The molecule has 1 nitrogen and oxygen atoms in total. The van der Waals surface area contributed by atoms with Crippen LogP contribution in [-0.4, -0.2) is 0 Å². The first-order chi connectivity index (χ1) is 7.41. The van der Waals surface area contributed by atoms with Crippen LogP contribution in [-0.2, 0) is 0 Å². The molecule has 0 N–H and O–H groups in total. The van der Waals surface area contributed by atoms with E-state index in [0.717, 1.165) is 0 Å². The van der Waals surface area contributed by atoms with Gasteiger partial charge in [0.15, 0.2) is 0 Å². The molecule has 0 bridgehead atoms. The Morgan fingerprint density at radius 1 is 0.733 bits per heavy atom. The van der Waals surface area contributed by atoms with Crippen LogP contribution in [0.1, 0.15) is 6.42 Å². The predicted molar refractivity (Wildman–Crippen MR) is 57.9 cm³/mol. The van der Waals surface area contributed by atoms with Crippen LogP contribution in [0.2, 0.25) is 0 Å². The zero-order chi connectivity index (χ0) is 11.2. The monoisotopic (exact) mass is 185 g/mol. The first-order valence-electron chi connectivity index (χ1n) is 3.72. The van der Waals surface area contributed by atoms with Crippen molar-refractivity contribution in [2.24, 2.45) is 0 Å². The molecule has 0 aliphatic heterocycles. The fraction of sp³-hybridized carbons (Fsp3) is 0.0714. The van der Waals surface area contributed by atoms with E-state index in [1.54, 1.807) is 0 Å². The third kappa shape index (κ3) is 10.8. The Labute approximate surface area is 89.9 Å². The SMILES string of the molecule is C#CC#CC#CC#CC#CC#CCC#N. The molecular formula is C14H3N. The molecule has 0 atom stereocenters. The van der Waals surface area contributed by atoms with Crippen molar-refractivity contribution in [1.82, 2.24) is 0 Å². The molecular weight excluding hydrogens is 182 g/mol. The summed E-state index contributed by atoms with van der Waals surface area (Å²) in [6.07, 6.45) is 5.03. The van der Waals surface area contributed by atoms with Crippen molar-refractivity contribution < 1.29 is 0 Å². The van der Waals surface area contributed by atoms with E-state index in [0.29, 0.717) is 0 Å². The van der Waals surface area contributed by atoms with Gasteiger partial charge in [-0.15, -0.1) is 6.42 Å². The quantitative estimate of drug-likeness (QED) is 0.505. The zero-order valence-electron chi connectivity index (χ0n) is 7.73. The van der Waals surface area contributed by atoms with Crippen LogP contribution in [0, 0.1) is 82.9 Å². The van der Waals surface area contributed by atoms with Crippen LogP contribution < -0.4 is 0 Å². The summed E-state index contributed by atoms with van der Waals surface area (Å²) in [6, 6.07) is 1.87. The molecule has 0 rings (SSSR count). The average Bonchev–Trinajstić information content (AvgIpc) is 2.26. The minimum atomic E-state index is 0.170. The molecule has 0 spiro atoms. The lowest BCUT2D eigenvalue weighted by atomic mass is 10.4. The molecule has 0 aromatic heterocycles. The Hall–Kier alpha value is -3.15. The largest absolute Gasteiger partial charge is 0.197 e. The van der Waals surface area contributed by atoms with Crippen molar-refractivity contribution in [2.75, 3.05) is 0 Å². The highest BCUT2D eigenvalue weighted by molar-refractivity contribution is 5.43. The number of nitrogens with zero attached hydrogens (tertiary/aromatic N) is 1. The minimum Gasteiger partial charge on any atom is -0.197 e. The molecule has 0 saturated heterocycles. The fourth-order valence-electron chi connectivity index (χ4n) is 0.383. The van der Waals surface area contributed by atoms with E-state index in [4.69, 9.17) is 11.7 Å². The van der Waals surface area contributed by atoms with E-state index < -0.39 is 0 Å². The summed E-state index contributed by atoms with van der Waals surface area (Å²) in [5, 5.41) is 8.14. The van der Waals surface area contributed by atoms with E-state index in [-0.39, 0.29) is 6.42 Å². The van der Waals surface area contributed by atoms with Gasteiger partial charge >= 0.3 is 0 Å². The predicted octanol–water partition coefficient (Wildman–Crippen LogP) is 0.550. The molecule has 0 saturated carbocycles. The lowest BCUT2D eigenvalue weighted by Gasteiger charge is -1.59. The lowest BCUT2D eigenvalue weighted by Crippen LogP contribution is -1.57. The minimum absolute atomic E-state index is 0.170. The molecule has 0 aliphatic carbocycles. The molecule has 1 heteroatoms. The van der Waals surface area contributed by atoms with Crippen molar-refractivity contribution in [3.63, 3.8) is 0 Å². The van der Waals surface area contributed by atoms with Gasteiger partial charge in [-0.05, 0) is 59.2 Å². The molecule has 0 radical (unpaired) electrons. The number of hydrogen-bond donors (Lipinski definition) is 0. The van der Waals surface area contributed by atoms with Crippen LogP contribution in [0.3, 0.4) is 0 Å². The fourth-order valence-corrected chi connectivity index (χ4v) is 0.383. The highest BCUT2D eigenvalue weighted by atomic mass is 14.2. The van der Waals surface area contributed by atoms with Crippen molar-refractivity contribution >= 4 is 0 Å². The molecule has 0 unspecified atom stereocenters. The molecule has 0 fully saturated rings. The third-order valence-electron chi connectivity index (χ3n) is 0.828. The summed E-state index contributed by atoms with van der Waals surface area (Å²) < 4.78 is 0. The Morgan fingerprint density at radius 2 is 1.20 bits per heavy atom. The second-order valence-electron chi connectivity index (χ2n) is 1.78. The summed E-state index contributed by atoms with van der Waals surface area (Å²) in [6.45, 7) is 0. The molecule has 0 aliphatic rings. The Kier molecular flexibility index (Phi) is 8.57. The average molecular weight is 185 g/mol. The van der Waals surface area contributed by atoms with Crippen LogP contribution in [0.4, 0.5) is 0 Å². The normalized spacial score (nSPS) is 4.13. The zero-order valence-corrected chi connectivity index (χ0v) is 7.73. The smallest absolute Gasteiger partial charge is 0.0973 e. The van der Waals surface area contributed by atoms with Crippen molar-refractivity contribution in [1.29, 1.82) is 5.26 Å². The van der Waals surface area contributed by atoms with Crippen LogP contribution in [0.5, 0.6) is 0 Å². The molecule has 15 heavy (non-hydrogen) atoms. The molecule has 0 aromatic carbocycles. The van der Waals surface area contributed by atoms with Gasteiger partial charge in [-0.25, -0.2) is 0 Å². The summed E-state index contributed by atoms with van der Waals surface area (Å²) in [5.41, 5.74) is 0. The van der Waals surface area contributed by atoms with Gasteiger partial charge in [-0.2, -0.15) is 5.26 Å². The van der Waals surface area contributed by atoms with Gasteiger partial charge < -0.3 is 0 Å². The molecule has 64 valence electrons. The summed E-state index contributed by atoms with van der Waals surface area (Å²) >= 11 is 0. The Balaban J connectivity index is 4.13. The summed E-state index contributed by atoms with van der Waals surface area (Å²) in [4.78, 5) is 0. The number of rotatable bonds is 0. The third-order valence-corrected chi connectivity index (χ3v) is 0.828. The molecule has 0 aromatic rings. The first kappa shape index (κ1) is 11.8. The molecule has 0 heterocycles. The van der Waals surface area contributed by atoms with Crippen LogP contribution >= 0.6 is 0 Å². The first-order valence-corrected chi connectivity index (χ1v) is 3.72. The van der Waals surface area contributed by atoms with Crippen LogP contribution in [0.25, 0.3) is 0 Å². The van der Waals surface area contributed by atoms with Crippen molar-refractivity contribution in [3.05, 3.63) is 0 Å². The highest BCUT2D eigenvalue weighted by Gasteiger charge is 1.62. The van der Waals surface area contributed by atoms with E-state index in [2.05, 4.69) is 65.1 Å². The van der Waals surface area contributed by atoms with Crippen molar-refractivity contribution in [2.45, 2.75) is 6.42 Å². The van der Waals surface area contributed by atoms with Gasteiger partial charge in [0, 0.05) is 0 Å². The summed E-state index contributed by atoms with van der Waals surface area (Å²) in [5.74, 6) is 26.5. The van der Waals surface area contributed by atoms with Gasteiger partial charge in [0.1, 0.15) is 0 Å². The highest BCUT2D eigenvalue weighted by Crippen LogP contribution is 1.65. The second kappa shape index (κ2) is 10.8. The van der Waals surface area contributed by atoms with E-state index in [9.17, 15) is 0 Å². The Morgan fingerprint density at radius 3 is 1.67 bits per heavy atom. The van der Waals surface area contributed by atoms with E-state index >= 15 is 0 Å². The van der Waals surface area contributed by atoms with Gasteiger partial charge in [-0.1, -0.05) is 5.92 Å². The van der Waals surface area contributed by atoms with Gasteiger partial charge in [0.05, 0.1) is 12.5 Å². The number of terminal acetylenes is 1. The maximum Gasteiger partial charge on any atom is 0.0973 e. The maximum absolute atomic E-state index is 8.14. The number of nitriles is 1. The van der Waals surface area contributed by atoms with E-state index in [1.165, 1.54) is 0 Å². The maximum atomic E-state index is 8.14. The second-order valence-corrected chi connectivity index (χ2v) is 1.78. The van der Waals surface area contributed by atoms with Gasteiger partial charge in [-0.3, -0.25) is 0 Å². The number of hydrogen-bond acceptors (Lipinski definition) is 1. The lowest BCUT2D eigenvalue weighted by molar-refractivity contribution is 1.40. The summed E-state index contributed by atoms with van der Waals surface area (Å²) in [7, 11) is 0. The van der Waals surface area contributed by atoms with Crippen LogP contribution in [0.15, 0.2) is 0 Å². The van der Waals surface area contributed by atoms with E-state index in [1.807, 2.05) is 6.07 Å². The van der Waals surface area contributed by atoms with Gasteiger partial charge in [0.25, 0.3) is 0 Å². The van der Waals surface area contributed by atoms with Gasteiger partial charge in [0.2, 0.25) is 0 Å². The topological polar surface area (TPSA) is 23.8 Å². The Bertz CT molecular complexity index is 594.